The summed E-state index contributed by atoms with van der Waals surface area (Å²) >= 11 is 31.2. The summed E-state index contributed by atoms with van der Waals surface area (Å²) in [6.45, 7) is 8.14. The Labute approximate surface area is 887 Å². The maximum atomic E-state index is 7.94. The number of hydrogen-bond donors (Lipinski definition) is 16. The van der Waals surface area contributed by atoms with Gasteiger partial charge in [0.05, 0.1) is 46.2 Å². The fourth-order valence-electron chi connectivity index (χ4n) is 8.62. The third-order valence-corrected chi connectivity index (χ3v) is 15.6. The van der Waals surface area contributed by atoms with Crippen LogP contribution in [0.3, 0.4) is 0 Å². The molecule has 0 fully saturated rings. The van der Waals surface area contributed by atoms with Crippen LogP contribution in [0.5, 0.6) is 0 Å². The van der Waals surface area contributed by atoms with Crippen molar-refractivity contribution in [3.63, 3.8) is 0 Å². The topological polar surface area (TPSA) is 350 Å². The molecular formula is C97H124AcN12Na2O13S6. The molecule has 25 nitrogen and oxygen atoms in total. The number of methoxy groups -OCH3 is 6. The van der Waals surface area contributed by atoms with Crippen LogP contribution in [0.15, 0.2) is 364 Å². The molecule has 0 spiro atoms. The van der Waals surface area contributed by atoms with Crippen LogP contribution in [-0.2, 0) is 33.3 Å². The van der Waals surface area contributed by atoms with E-state index in [0.29, 0.717) is 57.1 Å². The van der Waals surface area contributed by atoms with Gasteiger partial charge < -0.3 is 118 Å². The van der Waals surface area contributed by atoms with Crippen molar-refractivity contribution < 1.29 is 168 Å². The zero-order chi connectivity index (χ0) is 92.0. The van der Waals surface area contributed by atoms with Gasteiger partial charge in [0.1, 0.15) is 6.61 Å². The Kier molecular flexibility index (Phi) is 96.4. The Morgan fingerprint density at radius 3 is 0.382 bits per heavy atom. The summed E-state index contributed by atoms with van der Waals surface area (Å²) in [5, 5.41) is 72.3. The first-order chi connectivity index (χ1) is 61.5. The zero-order valence-electron chi connectivity index (χ0n) is 76.0. The van der Waals surface area contributed by atoms with Crippen molar-refractivity contribution >= 4 is 172 Å². The van der Waals surface area contributed by atoms with E-state index >= 15 is 0 Å². The van der Waals surface area contributed by atoms with Gasteiger partial charge in [0.15, 0.2) is 30.7 Å². The Hall–Kier alpha value is -8.30. The van der Waals surface area contributed by atoms with E-state index in [1.165, 1.54) is 0 Å². The van der Waals surface area contributed by atoms with Crippen molar-refractivity contribution in [1.29, 1.82) is 0 Å². The van der Waals surface area contributed by atoms with E-state index < -0.39 is 0 Å². The van der Waals surface area contributed by atoms with E-state index in [1.807, 2.05) is 371 Å². The Bertz CT molecular complexity index is 3560. The molecule has 12 aromatic rings. The fraction of sp³-hybridized carbons (Fsp3) is 0.196. The number of nitrogens with one attached hydrogen (secondary N) is 12. The van der Waals surface area contributed by atoms with Crippen molar-refractivity contribution in [3.05, 3.63) is 364 Å². The first-order valence-electron chi connectivity index (χ1n) is 39.7. The summed E-state index contributed by atoms with van der Waals surface area (Å²) < 4.78 is 27.1. The van der Waals surface area contributed by atoms with E-state index in [4.69, 9.17) is 98.6 Å². The van der Waals surface area contributed by atoms with Crippen molar-refractivity contribution in [2.24, 2.45) is 0 Å². The Morgan fingerprint density at radius 2 is 0.328 bits per heavy atom. The van der Waals surface area contributed by atoms with Gasteiger partial charge in [0.25, 0.3) is 0 Å². The second-order valence-corrected chi connectivity index (χ2v) is 26.9. The standard InChI is InChI=1S/6C13H12N2S.C4H10O.C3H8O3.3C3H8O2.C3H8O.Ac.2Na.2H2O/c6*16-13(14-11-7-3-1-4-8-11)15-12-9-5-2-6-10-12;1-3-4-5-2;1-5-2-3-6-4;3*1-5-3-2-4;1-3-4-2;;;;;/h6*1-10H,(H2,14,15,16);3-4H2,1-2H3;4H,2-3H2,1H3;3*4H,2-3H2,1H3;3H2,1-2H3;;;;2*1H2/q;;;;;;;;;;;;;2*+1;;/p-2. The number of thiocarbonyl (C=S) groups is 6. The van der Waals surface area contributed by atoms with E-state index in [0.717, 1.165) is 87.9 Å². The Balaban J connectivity index is -0.000000453. The third-order valence-electron chi connectivity index (χ3n) is 14.3. The second kappa shape index (κ2) is 96.3. The number of rotatable bonds is 24. The molecule has 0 saturated heterocycles. The number of hydrogen-bond acceptors (Lipinski definition) is 19. The van der Waals surface area contributed by atoms with Gasteiger partial charge in [-0.2, -0.15) is 0 Å². The van der Waals surface area contributed by atoms with E-state index in [1.54, 1.807) is 42.7 Å². The molecule has 0 aromatic heterocycles. The maximum absolute atomic E-state index is 7.94. The third kappa shape index (κ3) is 79.9. The van der Waals surface area contributed by atoms with Gasteiger partial charge in [-0.1, -0.05) is 225 Å². The van der Waals surface area contributed by atoms with E-state index in [9.17, 15) is 0 Å². The van der Waals surface area contributed by atoms with E-state index in [2.05, 4.69) is 99.3 Å². The van der Waals surface area contributed by atoms with Crippen molar-refractivity contribution in [1.82, 2.24) is 0 Å². The minimum Gasteiger partial charge on any atom is -0.870 e. The molecule has 0 aliphatic heterocycles. The number of ether oxygens (including phenoxy) is 6. The molecule has 691 valence electrons. The molecular weight excluding hydrogens is 2010 g/mol. The van der Waals surface area contributed by atoms with Gasteiger partial charge in [-0.3, -0.25) is 5.26 Å². The van der Waals surface area contributed by atoms with Crippen LogP contribution < -0.4 is 123 Å². The van der Waals surface area contributed by atoms with Crippen LogP contribution in [0.25, 0.3) is 0 Å². The summed E-state index contributed by atoms with van der Waals surface area (Å²) in [7, 11) is 9.59. The molecule has 34 heteroatoms. The molecule has 1 radical (unpaired) electrons. The fourth-order valence-corrected chi connectivity index (χ4v) is 10.0. The van der Waals surface area contributed by atoms with Crippen molar-refractivity contribution in [2.75, 3.05) is 173 Å². The van der Waals surface area contributed by atoms with Crippen LogP contribution in [0, 0.1) is 44.1 Å². The quantitative estimate of drug-likeness (QED) is 0.00878. The summed E-state index contributed by atoms with van der Waals surface area (Å²) in [5.41, 5.74) is 11.8. The van der Waals surface area contributed by atoms with Crippen molar-refractivity contribution in [2.45, 2.75) is 20.3 Å². The largest absolute Gasteiger partial charge is 1.00 e. The Morgan fingerprint density at radius 1 is 0.214 bits per heavy atom. The molecule has 0 bridgehead atoms. The summed E-state index contributed by atoms with van der Waals surface area (Å²) in [4.78, 5) is 3.66. The van der Waals surface area contributed by atoms with Crippen molar-refractivity contribution in [3.8, 4) is 0 Å². The number of para-hydroxylation sites is 12. The van der Waals surface area contributed by atoms with Crippen LogP contribution in [0.1, 0.15) is 20.3 Å². The first-order valence-corrected chi connectivity index (χ1v) is 42.1. The molecule has 0 heterocycles. The first kappa shape index (κ1) is 131. The van der Waals surface area contributed by atoms with Crippen LogP contribution in [0.2, 0.25) is 0 Å². The predicted molar refractivity (Wildman–Crippen MR) is 557 cm³/mol. The molecule has 0 amide bonds. The summed E-state index contributed by atoms with van der Waals surface area (Å²) in [6, 6.07) is 118. The molecule has 0 atom stereocenters. The van der Waals surface area contributed by atoms with Gasteiger partial charge in [-0.25, -0.2) is 4.89 Å². The molecule has 131 heavy (non-hydrogen) atoms. The monoisotopic (exact) mass is 2130 g/mol. The van der Waals surface area contributed by atoms with Gasteiger partial charge >= 0.3 is 59.1 Å². The molecule has 0 saturated carbocycles. The maximum Gasteiger partial charge on any atom is 1.00 e. The van der Waals surface area contributed by atoms with E-state index in [-0.39, 0.29) is 141 Å². The molecule has 12 rings (SSSR count). The number of aliphatic hydroxyl groups excluding tert-OH is 3. The number of aliphatic hydroxyl groups is 3. The minimum atomic E-state index is 0. The molecule has 12 aromatic carbocycles. The van der Waals surface area contributed by atoms with Gasteiger partial charge in [-0.15, -0.1) is 0 Å². The average Bonchev–Trinajstić information content (AvgIpc) is 0.933. The van der Waals surface area contributed by atoms with Crippen LogP contribution in [0.4, 0.5) is 68.2 Å². The minimum absolute atomic E-state index is 0. The zero-order valence-corrected chi connectivity index (χ0v) is 89.6. The summed E-state index contributed by atoms with van der Waals surface area (Å²) in [6.07, 6.45) is 1.12. The van der Waals surface area contributed by atoms with Crippen LogP contribution >= 0.6 is 73.3 Å². The number of anilines is 12. The normalized spacial score (nSPS) is 8.89. The molecule has 0 unspecified atom stereocenters. The van der Waals surface area contributed by atoms with Gasteiger partial charge in [0, 0.05) is 168 Å². The second-order valence-electron chi connectivity index (χ2n) is 24.4. The SMILES string of the molecule is CCCOC.CCOC.COCCO.COCCO.COCCO.COCCOO.S=C(Nc1ccccc1)Nc1ccccc1.S=C(Nc1ccccc1)Nc1ccccc1.S=C(Nc1ccccc1)Nc1ccccc1.S=C(Nc1ccccc1)Nc1ccccc1.S=C(Nc1ccccc1)Nc1ccccc1.S=C(Nc1ccccc1)Nc1ccccc1.[Ac].[Na+].[Na+].[OH-].[OH-]. The average molecular weight is 2130 g/mol. The number of benzene rings is 12. The molecule has 0 aliphatic carbocycles. The van der Waals surface area contributed by atoms with Gasteiger partial charge in [-0.05, 0) is 232 Å². The molecule has 18 N–H and O–H groups in total. The molecule has 0 aliphatic rings. The smallest absolute Gasteiger partial charge is 0.870 e. The van der Waals surface area contributed by atoms with Gasteiger partial charge in [0.2, 0.25) is 0 Å². The van der Waals surface area contributed by atoms with Crippen LogP contribution in [-0.4, -0.2) is 171 Å². The predicted octanol–water partition coefficient (Wildman–Crippen LogP) is 15.3. The summed E-state index contributed by atoms with van der Waals surface area (Å²) in [5.74, 6) is 0.